The van der Waals surface area contributed by atoms with Gasteiger partial charge in [-0.15, -0.1) is 0 Å². The van der Waals surface area contributed by atoms with E-state index in [4.69, 9.17) is 9.47 Å². The van der Waals surface area contributed by atoms with Crippen molar-refractivity contribution >= 4 is 29.2 Å². The fourth-order valence-electron chi connectivity index (χ4n) is 2.62. The molecular formula is C17H19N3O3S. The zero-order valence-electron chi connectivity index (χ0n) is 14.0. The Morgan fingerprint density at radius 3 is 2.42 bits per heavy atom. The van der Waals surface area contributed by atoms with Crippen molar-refractivity contribution in [3.8, 4) is 11.5 Å². The molecule has 0 aliphatic carbocycles. The molecule has 1 N–H and O–H groups in total. The van der Waals surface area contributed by atoms with E-state index in [1.807, 2.05) is 31.5 Å². The molecule has 1 aliphatic heterocycles. The zero-order chi connectivity index (χ0) is 17.3. The van der Waals surface area contributed by atoms with Crippen molar-refractivity contribution in [2.45, 2.75) is 11.4 Å². The molecule has 1 aliphatic rings. The number of aliphatic hydroxyl groups excluding tert-OH is 1. The molecule has 0 spiro atoms. The molecule has 2 aromatic rings. The number of nitrogens with zero attached hydrogens (tertiary/aromatic N) is 3. The van der Waals surface area contributed by atoms with Crippen LogP contribution < -0.4 is 14.4 Å². The number of anilines is 1. The lowest BCUT2D eigenvalue weighted by Crippen LogP contribution is -2.36. The average molecular weight is 345 g/mol. The van der Waals surface area contributed by atoms with E-state index < -0.39 is 6.23 Å². The quantitative estimate of drug-likeness (QED) is 0.674. The van der Waals surface area contributed by atoms with Gasteiger partial charge in [0.05, 0.1) is 14.2 Å². The highest BCUT2D eigenvalue weighted by Gasteiger charge is 2.27. The Kier molecular flexibility index (Phi) is 4.64. The molecule has 0 radical (unpaired) electrons. The van der Waals surface area contributed by atoms with E-state index in [2.05, 4.69) is 9.97 Å². The second kappa shape index (κ2) is 6.70. The van der Waals surface area contributed by atoms with Crippen molar-refractivity contribution in [2.75, 3.05) is 32.4 Å². The molecule has 1 atom stereocenters. The van der Waals surface area contributed by atoms with Crippen LogP contribution in [0.15, 0.2) is 29.6 Å². The summed E-state index contributed by atoms with van der Waals surface area (Å²) in [6, 6.07) is 5.53. The third kappa shape index (κ3) is 2.92. The van der Waals surface area contributed by atoms with E-state index in [1.165, 1.54) is 11.8 Å². The van der Waals surface area contributed by atoms with E-state index in [-0.39, 0.29) is 0 Å². The molecule has 0 fully saturated rings. The lowest BCUT2D eigenvalue weighted by atomic mass is 9.97. The molecule has 0 saturated heterocycles. The Labute approximate surface area is 145 Å². The summed E-state index contributed by atoms with van der Waals surface area (Å²) in [6.07, 6.45) is 4.77. The predicted molar refractivity (Wildman–Crippen MR) is 95.6 cm³/mol. The van der Waals surface area contributed by atoms with E-state index in [9.17, 15) is 5.11 Å². The minimum absolute atomic E-state index is 0.667. The summed E-state index contributed by atoms with van der Waals surface area (Å²) in [5.41, 5.74) is 2.42. The van der Waals surface area contributed by atoms with Gasteiger partial charge < -0.3 is 19.5 Å². The van der Waals surface area contributed by atoms with Gasteiger partial charge in [-0.05, 0) is 30.0 Å². The standard InChI is InChI=1S/C17H19N3O3S/c1-20-15-11(9-18-17(19-15)24-4)7-14(16(20)21)10-5-12(22-2)8-13(6-10)23-3/h5-9,16,21H,1-4H3. The maximum Gasteiger partial charge on any atom is 0.189 e. The molecule has 6 nitrogen and oxygen atoms in total. The summed E-state index contributed by atoms with van der Waals surface area (Å²) in [4.78, 5) is 10.5. The molecule has 0 bridgehead atoms. The number of hydrogen-bond donors (Lipinski definition) is 1. The van der Waals surface area contributed by atoms with Gasteiger partial charge in [0.25, 0.3) is 0 Å². The normalized spacial score (nSPS) is 16.5. The minimum Gasteiger partial charge on any atom is -0.497 e. The predicted octanol–water partition coefficient (Wildman–Crippen LogP) is 2.52. The summed E-state index contributed by atoms with van der Waals surface area (Å²) in [7, 11) is 5.01. The number of thioether (sulfide) groups is 1. The molecular weight excluding hydrogens is 326 g/mol. The number of fused-ring (bicyclic) bond motifs is 1. The van der Waals surface area contributed by atoms with Crippen LogP contribution in [-0.2, 0) is 0 Å². The van der Waals surface area contributed by atoms with Crippen LogP contribution in [0.3, 0.4) is 0 Å². The van der Waals surface area contributed by atoms with Gasteiger partial charge in [0, 0.05) is 30.4 Å². The lowest BCUT2D eigenvalue weighted by Gasteiger charge is -2.32. The molecule has 0 amide bonds. The number of methoxy groups -OCH3 is 2. The number of aromatic nitrogens is 2. The van der Waals surface area contributed by atoms with Crippen molar-refractivity contribution in [1.82, 2.24) is 9.97 Å². The van der Waals surface area contributed by atoms with Crippen LogP contribution in [-0.4, -0.2) is 48.8 Å². The number of hydrogen-bond acceptors (Lipinski definition) is 7. The lowest BCUT2D eigenvalue weighted by molar-refractivity contribution is 0.231. The Balaban J connectivity index is 2.12. The van der Waals surface area contributed by atoms with Gasteiger partial charge in [-0.1, -0.05) is 11.8 Å². The van der Waals surface area contributed by atoms with E-state index in [0.29, 0.717) is 22.5 Å². The fraction of sp³-hybridized carbons (Fsp3) is 0.294. The minimum atomic E-state index is -0.820. The number of benzene rings is 1. The summed E-state index contributed by atoms with van der Waals surface area (Å²) < 4.78 is 10.6. The topological polar surface area (TPSA) is 67.7 Å². The highest BCUT2D eigenvalue weighted by molar-refractivity contribution is 7.98. The van der Waals surface area contributed by atoms with Crippen molar-refractivity contribution in [1.29, 1.82) is 0 Å². The fourth-order valence-corrected chi connectivity index (χ4v) is 2.96. The third-order valence-corrected chi connectivity index (χ3v) is 4.49. The molecule has 7 heteroatoms. The van der Waals surface area contributed by atoms with Gasteiger partial charge in [0.1, 0.15) is 17.3 Å². The zero-order valence-corrected chi connectivity index (χ0v) is 14.8. The Morgan fingerprint density at radius 2 is 1.83 bits per heavy atom. The summed E-state index contributed by atoms with van der Waals surface area (Å²) in [6.45, 7) is 0. The molecule has 1 aromatic carbocycles. The first-order valence-electron chi connectivity index (χ1n) is 7.34. The number of rotatable bonds is 4. The van der Waals surface area contributed by atoms with Gasteiger partial charge in [-0.25, -0.2) is 9.97 Å². The average Bonchev–Trinajstić information content (AvgIpc) is 2.63. The third-order valence-electron chi connectivity index (χ3n) is 3.93. The van der Waals surface area contributed by atoms with E-state index in [1.54, 1.807) is 31.4 Å². The van der Waals surface area contributed by atoms with Crippen LogP contribution in [0.1, 0.15) is 11.1 Å². The largest absolute Gasteiger partial charge is 0.497 e. The smallest absolute Gasteiger partial charge is 0.189 e. The molecule has 1 aromatic heterocycles. The first kappa shape index (κ1) is 16.6. The summed E-state index contributed by atoms with van der Waals surface area (Å²) in [5, 5.41) is 11.4. The van der Waals surface area contributed by atoms with Crippen molar-refractivity contribution < 1.29 is 14.6 Å². The molecule has 0 saturated carbocycles. The van der Waals surface area contributed by atoms with Crippen molar-refractivity contribution in [2.24, 2.45) is 0 Å². The monoisotopic (exact) mass is 345 g/mol. The maximum absolute atomic E-state index is 10.7. The van der Waals surface area contributed by atoms with Gasteiger partial charge in [-0.2, -0.15) is 0 Å². The van der Waals surface area contributed by atoms with Gasteiger partial charge in [-0.3, -0.25) is 0 Å². The van der Waals surface area contributed by atoms with Crippen LogP contribution in [0.2, 0.25) is 0 Å². The second-order valence-corrected chi connectivity index (χ2v) is 6.09. The van der Waals surface area contributed by atoms with E-state index >= 15 is 0 Å². The summed E-state index contributed by atoms with van der Waals surface area (Å²) in [5.74, 6) is 2.04. The van der Waals surface area contributed by atoms with Crippen molar-refractivity contribution in [3.63, 3.8) is 0 Å². The van der Waals surface area contributed by atoms with Gasteiger partial charge in [0.2, 0.25) is 0 Å². The first-order chi connectivity index (χ1) is 11.6. The molecule has 2 heterocycles. The summed E-state index contributed by atoms with van der Waals surface area (Å²) >= 11 is 1.47. The highest BCUT2D eigenvalue weighted by Crippen LogP contribution is 2.36. The molecule has 3 rings (SSSR count). The maximum atomic E-state index is 10.7. The SMILES string of the molecule is COc1cc(OC)cc(C2=Cc3cnc(SC)nc3N(C)C2O)c1. The second-order valence-electron chi connectivity index (χ2n) is 5.32. The molecule has 1 unspecified atom stereocenters. The van der Waals surface area contributed by atoms with Crippen molar-refractivity contribution in [3.05, 3.63) is 35.5 Å². The Morgan fingerprint density at radius 1 is 1.17 bits per heavy atom. The van der Waals surface area contributed by atoms with Crippen LogP contribution >= 0.6 is 11.8 Å². The number of likely N-dealkylation sites (N-methyl/N-ethyl adjacent to an activating group) is 1. The van der Waals surface area contributed by atoms with Crippen LogP contribution in [0, 0.1) is 0 Å². The van der Waals surface area contributed by atoms with E-state index in [0.717, 1.165) is 16.7 Å². The Bertz CT molecular complexity index is 772. The number of aliphatic hydroxyl groups is 1. The van der Waals surface area contributed by atoms with Gasteiger partial charge >= 0.3 is 0 Å². The van der Waals surface area contributed by atoms with Crippen LogP contribution in [0.25, 0.3) is 11.6 Å². The Hall–Kier alpha value is -2.25. The molecule has 126 valence electrons. The van der Waals surface area contributed by atoms with Gasteiger partial charge in [0.15, 0.2) is 11.4 Å². The number of ether oxygens (including phenoxy) is 2. The van der Waals surface area contributed by atoms with Crippen LogP contribution in [0.5, 0.6) is 11.5 Å². The van der Waals surface area contributed by atoms with Crippen LogP contribution in [0.4, 0.5) is 5.82 Å². The highest BCUT2D eigenvalue weighted by atomic mass is 32.2. The molecule has 24 heavy (non-hydrogen) atoms. The first-order valence-corrected chi connectivity index (χ1v) is 8.56.